The fraction of sp³-hybridized carbons (Fsp3) is 0.412. The van der Waals surface area contributed by atoms with E-state index in [1.54, 1.807) is 6.07 Å². The van der Waals surface area contributed by atoms with Crippen LogP contribution in [0.2, 0.25) is 0 Å². The maximum Gasteiger partial charge on any atom is 0.326 e. The standard InChI is InChI=1S/C17H20FN3O4/c1-10(6-7-19)15(17(24)25)21-16(23)14(20-11(2)22)9-12-4-3-5-13(18)8-12/h3-5,8,10,14-15H,6,9H2,1-2H3,(H,20,22)(H,21,23)(H,24,25)/t10-,14-,15+/m0/s1. The van der Waals surface area contributed by atoms with Crippen LogP contribution in [0.5, 0.6) is 0 Å². The number of hydrogen-bond donors (Lipinski definition) is 3. The van der Waals surface area contributed by atoms with Crippen molar-refractivity contribution in [2.45, 2.75) is 38.8 Å². The summed E-state index contributed by atoms with van der Waals surface area (Å²) in [7, 11) is 0. The molecule has 25 heavy (non-hydrogen) atoms. The van der Waals surface area contributed by atoms with Crippen LogP contribution in [0.25, 0.3) is 0 Å². The van der Waals surface area contributed by atoms with Crippen molar-refractivity contribution < 1.29 is 23.9 Å². The fourth-order valence-corrected chi connectivity index (χ4v) is 2.32. The van der Waals surface area contributed by atoms with Gasteiger partial charge in [-0.15, -0.1) is 0 Å². The van der Waals surface area contributed by atoms with Crippen LogP contribution in [0.4, 0.5) is 4.39 Å². The molecule has 0 aliphatic heterocycles. The van der Waals surface area contributed by atoms with Gasteiger partial charge in [0.2, 0.25) is 11.8 Å². The van der Waals surface area contributed by atoms with Crippen molar-refractivity contribution in [1.82, 2.24) is 10.6 Å². The molecule has 8 heteroatoms. The molecular weight excluding hydrogens is 329 g/mol. The molecule has 0 aromatic heterocycles. The summed E-state index contributed by atoms with van der Waals surface area (Å²) in [6.45, 7) is 2.75. The highest BCUT2D eigenvalue weighted by molar-refractivity contribution is 5.90. The molecular formula is C17H20FN3O4. The lowest BCUT2D eigenvalue weighted by Crippen LogP contribution is -2.53. The minimum Gasteiger partial charge on any atom is -0.480 e. The number of nitrogens with zero attached hydrogens (tertiary/aromatic N) is 1. The number of rotatable bonds is 8. The van der Waals surface area contributed by atoms with Gasteiger partial charge in [-0.25, -0.2) is 9.18 Å². The Kier molecular flexibility index (Phi) is 7.53. The quantitative estimate of drug-likeness (QED) is 0.647. The van der Waals surface area contributed by atoms with Crippen LogP contribution in [0, 0.1) is 23.1 Å². The van der Waals surface area contributed by atoms with E-state index in [2.05, 4.69) is 10.6 Å². The number of benzene rings is 1. The van der Waals surface area contributed by atoms with Gasteiger partial charge in [0.05, 0.1) is 6.07 Å². The van der Waals surface area contributed by atoms with E-state index in [1.807, 2.05) is 6.07 Å². The highest BCUT2D eigenvalue weighted by atomic mass is 19.1. The fourth-order valence-electron chi connectivity index (χ4n) is 2.32. The highest BCUT2D eigenvalue weighted by Gasteiger charge is 2.30. The van der Waals surface area contributed by atoms with Gasteiger partial charge in [0.1, 0.15) is 17.9 Å². The van der Waals surface area contributed by atoms with Crippen molar-refractivity contribution in [3.63, 3.8) is 0 Å². The van der Waals surface area contributed by atoms with E-state index in [0.717, 1.165) is 0 Å². The van der Waals surface area contributed by atoms with Crippen LogP contribution in [0.15, 0.2) is 24.3 Å². The Morgan fingerprint density at radius 1 is 1.32 bits per heavy atom. The van der Waals surface area contributed by atoms with Gasteiger partial charge < -0.3 is 15.7 Å². The molecule has 0 fully saturated rings. The smallest absolute Gasteiger partial charge is 0.326 e. The van der Waals surface area contributed by atoms with E-state index in [9.17, 15) is 23.9 Å². The van der Waals surface area contributed by atoms with Gasteiger partial charge in [0.25, 0.3) is 0 Å². The first-order valence-corrected chi connectivity index (χ1v) is 7.66. The molecule has 134 valence electrons. The second-order valence-electron chi connectivity index (χ2n) is 5.75. The van der Waals surface area contributed by atoms with Crippen molar-refractivity contribution in [2.75, 3.05) is 0 Å². The molecule has 0 heterocycles. The normalized spacial score (nSPS) is 13.8. The summed E-state index contributed by atoms with van der Waals surface area (Å²) >= 11 is 0. The first-order valence-electron chi connectivity index (χ1n) is 7.66. The van der Waals surface area contributed by atoms with Gasteiger partial charge in [-0.3, -0.25) is 9.59 Å². The molecule has 1 aromatic rings. The van der Waals surface area contributed by atoms with Crippen LogP contribution >= 0.6 is 0 Å². The molecule has 2 amide bonds. The minimum atomic E-state index is -1.27. The Hall–Kier alpha value is -2.95. The maximum absolute atomic E-state index is 13.3. The molecule has 0 saturated heterocycles. The first kappa shape index (κ1) is 20.1. The van der Waals surface area contributed by atoms with E-state index in [4.69, 9.17) is 5.26 Å². The number of nitriles is 1. The van der Waals surface area contributed by atoms with Gasteiger partial charge in [0.15, 0.2) is 0 Å². The highest BCUT2D eigenvalue weighted by Crippen LogP contribution is 2.10. The van der Waals surface area contributed by atoms with E-state index in [1.165, 1.54) is 32.0 Å². The molecule has 0 radical (unpaired) electrons. The Balaban J connectivity index is 2.93. The molecule has 3 N–H and O–H groups in total. The third-order valence-corrected chi connectivity index (χ3v) is 3.57. The lowest BCUT2D eigenvalue weighted by Gasteiger charge is -2.23. The summed E-state index contributed by atoms with van der Waals surface area (Å²) < 4.78 is 13.3. The summed E-state index contributed by atoms with van der Waals surface area (Å²) in [4.78, 5) is 35.1. The maximum atomic E-state index is 13.3. The molecule has 0 aliphatic carbocycles. The molecule has 0 unspecified atom stereocenters. The summed E-state index contributed by atoms with van der Waals surface area (Å²) in [5.41, 5.74) is 0.478. The summed E-state index contributed by atoms with van der Waals surface area (Å²) in [5, 5.41) is 22.7. The predicted octanol–water partition coefficient (Wildman–Crippen LogP) is 0.992. The van der Waals surface area contributed by atoms with Gasteiger partial charge >= 0.3 is 5.97 Å². The number of carbonyl (C=O) groups excluding carboxylic acids is 2. The average molecular weight is 349 g/mol. The lowest BCUT2D eigenvalue weighted by atomic mass is 9.98. The second kappa shape index (κ2) is 9.37. The van der Waals surface area contributed by atoms with Crippen LogP contribution in [0.1, 0.15) is 25.8 Å². The number of carboxylic acids is 1. The molecule has 0 saturated carbocycles. The third-order valence-electron chi connectivity index (χ3n) is 3.57. The summed E-state index contributed by atoms with van der Waals surface area (Å²) in [6.07, 6.45) is -0.0475. The number of amides is 2. The van der Waals surface area contributed by atoms with Crippen molar-refractivity contribution >= 4 is 17.8 Å². The largest absolute Gasteiger partial charge is 0.480 e. The zero-order valence-electron chi connectivity index (χ0n) is 14.0. The summed E-state index contributed by atoms with van der Waals surface area (Å²) in [6, 6.07) is 5.08. The van der Waals surface area contributed by atoms with E-state index < -0.39 is 41.6 Å². The minimum absolute atomic E-state index is 0.00213. The lowest BCUT2D eigenvalue weighted by molar-refractivity contribution is -0.143. The number of halogens is 1. The number of carboxylic acid groups (broad SMARTS) is 1. The molecule has 0 aliphatic rings. The van der Waals surface area contributed by atoms with Crippen LogP contribution in [0.3, 0.4) is 0 Å². The van der Waals surface area contributed by atoms with E-state index >= 15 is 0 Å². The predicted molar refractivity (Wildman–Crippen MR) is 86.7 cm³/mol. The molecule has 0 spiro atoms. The van der Waals surface area contributed by atoms with Gasteiger partial charge in [-0.1, -0.05) is 19.1 Å². The third kappa shape index (κ3) is 6.59. The SMILES string of the molecule is CC(=O)N[C@@H](Cc1cccc(F)c1)C(=O)N[C@@H](C(=O)O)[C@@H](C)CC#N. The zero-order valence-corrected chi connectivity index (χ0v) is 14.0. The molecule has 7 nitrogen and oxygen atoms in total. The average Bonchev–Trinajstić information content (AvgIpc) is 2.51. The summed E-state index contributed by atoms with van der Waals surface area (Å²) in [5.74, 6) is -3.56. The Bertz CT molecular complexity index is 687. The van der Waals surface area contributed by atoms with Crippen molar-refractivity contribution in [1.29, 1.82) is 5.26 Å². The van der Waals surface area contributed by atoms with Gasteiger partial charge in [-0.2, -0.15) is 5.26 Å². The molecule has 1 rings (SSSR count). The zero-order chi connectivity index (χ0) is 19.0. The van der Waals surface area contributed by atoms with Crippen molar-refractivity contribution in [2.24, 2.45) is 5.92 Å². The Labute approximate surface area is 144 Å². The van der Waals surface area contributed by atoms with Crippen LogP contribution in [-0.2, 0) is 20.8 Å². The van der Waals surface area contributed by atoms with Crippen LogP contribution in [-0.4, -0.2) is 35.0 Å². The van der Waals surface area contributed by atoms with Crippen molar-refractivity contribution in [3.05, 3.63) is 35.6 Å². The Morgan fingerprint density at radius 2 is 2.00 bits per heavy atom. The molecule has 3 atom stereocenters. The molecule has 1 aromatic carbocycles. The second-order valence-corrected chi connectivity index (χ2v) is 5.75. The molecule has 0 bridgehead atoms. The van der Waals surface area contributed by atoms with Gasteiger partial charge in [-0.05, 0) is 17.7 Å². The first-order chi connectivity index (χ1) is 11.7. The number of hydrogen-bond acceptors (Lipinski definition) is 4. The van der Waals surface area contributed by atoms with Gasteiger partial charge in [0, 0.05) is 25.7 Å². The van der Waals surface area contributed by atoms with Crippen molar-refractivity contribution in [3.8, 4) is 6.07 Å². The number of nitrogens with one attached hydrogen (secondary N) is 2. The van der Waals surface area contributed by atoms with E-state index in [-0.39, 0.29) is 12.8 Å². The van der Waals surface area contributed by atoms with Crippen LogP contribution < -0.4 is 10.6 Å². The number of carbonyl (C=O) groups is 3. The topological polar surface area (TPSA) is 119 Å². The van der Waals surface area contributed by atoms with E-state index in [0.29, 0.717) is 5.56 Å². The Morgan fingerprint density at radius 3 is 2.52 bits per heavy atom. The monoisotopic (exact) mass is 349 g/mol. The number of aliphatic carboxylic acids is 1.